The third kappa shape index (κ3) is 5.07. The van der Waals surface area contributed by atoms with Crippen molar-refractivity contribution in [2.24, 2.45) is 0 Å². The lowest BCUT2D eigenvalue weighted by atomic mass is 10.1. The van der Waals surface area contributed by atoms with Gasteiger partial charge in [-0.2, -0.15) is 4.90 Å². The number of nitrogens with zero attached hydrogens (tertiary/aromatic N) is 3. The molecule has 76 valence electrons. The van der Waals surface area contributed by atoms with Crippen molar-refractivity contribution in [3.05, 3.63) is 20.2 Å². The smallest absolute Gasteiger partial charge is 0.263 e. The molecule has 0 bridgehead atoms. The normalized spacial score (nSPS) is 11.7. The summed E-state index contributed by atoms with van der Waals surface area (Å²) < 4.78 is 0. The lowest BCUT2D eigenvalue weighted by molar-refractivity contribution is -0.557. The molecule has 0 N–H and O–H groups in total. The number of hydrogen-bond donors (Lipinski definition) is 0. The van der Waals surface area contributed by atoms with E-state index in [1.807, 2.05) is 0 Å². The molecule has 7 nitrogen and oxygen atoms in total. The molecule has 0 aromatic heterocycles. The van der Waals surface area contributed by atoms with Crippen molar-refractivity contribution in [2.75, 3.05) is 13.3 Å². The maximum atomic E-state index is 10.2. The van der Waals surface area contributed by atoms with Gasteiger partial charge in [-0.05, 0) is 20.8 Å². The molecule has 0 rings (SSSR count). The highest BCUT2D eigenvalue weighted by atomic mass is 16.6. The Morgan fingerprint density at radius 1 is 1.08 bits per heavy atom. The van der Waals surface area contributed by atoms with Gasteiger partial charge in [-0.3, -0.25) is 20.2 Å². The van der Waals surface area contributed by atoms with Gasteiger partial charge in [0.1, 0.15) is 0 Å². The quantitative estimate of drug-likeness (QED) is 0.368. The minimum absolute atomic E-state index is 0.509. The van der Waals surface area contributed by atoms with E-state index in [9.17, 15) is 20.2 Å². The zero-order valence-electron chi connectivity index (χ0n) is 7.89. The summed E-state index contributed by atoms with van der Waals surface area (Å²) in [5.41, 5.74) is -0.569. The van der Waals surface area contributed by atoms with Gasteiger partial charge in [0, 0.05) is 15.4 Å². The van der Waals surface area contributed by atoms with Crippen LogP contribution in [0.3, 0.4) is 0 Å². The summed E-state index contributed by atoms with van der Waals surface area (Å²) in [7, 11) is 0. The van der Waals surface area contributed by atoms with E-state index in [-0.39, 0.29) is 0 Å². The van der Waals surface area contributed by atoms with E-state index < -0.39 is 28.7 Å². The Hall–Kier alpha value is -1.24. The molecule has 0 fully saturated rings. The van der Waals surface area contributed by atoms with Gasteiger partial charge in [0.2, 0.25) is 0 Å². The van der Waals surface area contributed by atoms with E-state index in [1.54, 1.807) is 20.8 Å². The summed E-state index contributed by atoms with van der Waals surface area (Å²) >= 11 is 0. The second-order valence-electron chi connectivity index (χ2n) is 3.66. The highest BCUT2D eigenvalue weighted by Crippen LogP contribution is 2.11. The summed E-state index contributed by atoms with van der Waals surface area (Å²) in [6, 6.07) is 0. The Morgan fingerprint density at radius 3 is 1.54 bits per heavy atom. The fraction of sp³-hybridized carbons (Fsp3) is 1.00. The van der Waals surface area contributed by atoms with Crippen LogP contribution in [0.25, 0.3) is 0 Å². The van der Waals surface area contributed by atoms with Crippen molar-refractivity contribution in [1.82, 2.24) is 4.90 Å². The predicted octanol–water partition coefficient (Wildman–Crippen LogP) is 0.555. The first-order valence-corrected chi connectivity index (χ1v) is 3.72. The predicted molar refractivity (Wildman–Crippen MR) is 45.3 cm³/mol. The van der Waals surface area contributed by atoms with Gasteiger partial charge in [0.05, 0.1) is 0 Å². The monoisotopic (exact) mass is 191 g/mol. The summed E-state index contributed by atoms with van der Waals surface area (Å²) in [6.45, 7) is 4.06. The first-order chi connectivity index (χ1) is 5.73. The Balaban J connectivity index is 4.37. The van der Waals surface area contributed by atoms with Crippen LogP contribution in [0.4, 0.5) is 0 Å². The standard InChI is InChI=1S/C6H13N3O4/c1-6(2,3)7(4-8(10)11)5-9(12)13/h4-5H2,1-3H3. The van der Waals surface area contributed by atoms with Gasteiger partial charge >= 0.3 is 0 Å². The number of rotatable bonds is 4. The van der Waals surface area contributed by atoms with Crippen LogP contribution in [-0.4, -0.2) is 33.6 Å². The van der Waals surface area contributed by atoms with Crippen LogP contribution in [0.1, 0.15) is 20.8 Å². The van der Waals surface area contributed by atoms with Gasteiger partial charge in [0.15, 0.2) is 0 Å². The molecule has 0 atom stereocenters. The first kappa shape index (κ1) is 11.8. The van der Waals surface area contributed by atoms with E-state index in [0.29, 0.717) is 0 Å². The molecule has 0 aliphatic rings. The van der Waals surface area contributed by atoms with Gasteiger partial charge in [-0.1, -0.05) is 0 Å². The van der Waals surface area contributed by atoms with Crippen LogP contribution in [-0.2, 0) is 0 Å². The molecule has 0 heterocycles. The molecular formula is C6H13N3O4. The first-order valence-electron chi connectivity index (χ1n) is 3.72. The highest BCUT2D eigenvalue weighted by Gasteiger charge is 2.29. The Kier molecular flexibility index (Phi) is 3.73. The Labute approximate surface area is 75.6 Å². The maximum Gasteiger partial charge on any atom is 0.264 e. The van der Waals surface area contributed by atoms with Crippen LogP contribution >= 0.6 is 0 Å². The summed E-state index contributed by atoms with van der Waals surface area (Å²) in [5, 5.41) is 20.4. The SMILES string of the molecule is CC(C)(C)N(C[N+](=O)[O-])C[N+](=O)[O-]. The minimum atomic E-state index is -0.575. The molecule has 0 radical (unpaired) electrons. The van der Waals surface area contributed by atoms with Crippen LogP contribution < -0.4 is 0 Å². The van der Waals surface area contributed by atoms with Crippen molar-refractivity contribution >= 4 is 0 Å². The van der Waals surface area contributed by atoms with E-state index in [4.69, 9.17) is 0 Å². The minimum Gasteiger partial charge on any atom is -0.263 e. The van der Waals surface area contributed by atoms with E-state index >= 15 is 0 Å². The van der Waals surface area contributed by atoms with Crippen molar-refractivity contribution in [3.8, 4) is 0 Å². The number of hydrogen-bond acceptors (Lipinski definition) is 5. The lowest BCUT2D eigenvalue weighted by Gasteiger charge is -2.27. The fourth-order valence-corrected chi connectivity index (χ4v) is 0.748. The Bertz CT molecular complexity index is 194. The third-order valence-electron chi connectivity index (χ3n) is 1.52. The average Bonchev–Trinajstić information content (AvgIpc) is 1.81. The van der Waals surface area contributed by atoms with E-state index in [0.717, 1.165) is 0 Å². The zero-order valence-corrected chi connectivity index (χ0v) is 7.89. The van der Waals surface area contributed by atoms with Crippen LogP contribution in [0.2, 0.25) is 0 Å². The third-order valence-corrected chi connectivity index (χ3v) is 1.52. The summed E-state index contributed by atoms with van der Waals surface area (Å²) in [5.74, 6) is 0. The molecule has 0 aliphatic heterocycles. The molecule has 0 spiro atoms. The van der Waals surface area contributed by atoms with Crippen molar-refractivity contribution in [1.29, 1.82) is 0 Å². The topological polar surface area (TPSA) is 89.5 Å². The van der Waals surface area contributed by atoms with E-state index in [1.165, 1.54) is 4.90 Å². The van der Waals surface area contributed by atoms with Crippen LogP contribution in [0.5, 0.6) is 0 Å². The molecule has 0 saturated carbocycles. The maximum absolute atomic E-state index is 10.2. The van der Waals surface area contributed by atoms with E-state index in [2.05, 4.69) is 0 Å². The fourth-order valence-electron chi connectivity index (χ4n) is 0.748. The molecule has 0 unspecified atom stereocenters. The van der Waals surface area contributed by atoms with Gasteiger partial charge in [-0.25, -0.2) is 0 Å². The number of nitro groups is 2. The molecule has 0 aromatic carbocycles. The lowest BCUT2D eigenvalue weighted by Crippen LogP contribution is -2.46. The average molecular weight is 191 g/mol. The molecular weight excluding hydrogens is 178 g/mol. The second-order valence-corrected chi connectivity index (χ2v) is 3.66. The van der Waals surface area contributed by atoms with Gasteiger partial charge in [-0.15, -0.1) is 0 Å². The van der Waals surface area contributed by atoms with Crippen molar-refractivity contribution in [3.63, 3.8) is 0 Å². The summed E-state index contributed by atoms with van der Waals surface area (Å²) in [6.07, 6.45) is 0. The Morgan fingerprint density at radius 2 is 1.38 bits per heavy atom. The van der Waals surface area contributed by atoms with Crippen molar-refractivity contribution < 1.29 is 9.85 Å². The molecule has 7 heteroatoms. The van der Waals surface area contributed by atoms with Gasteiger partial charge < -0.3 is 0 Å². The van der Waals surface area contributed by atoms with Crippen LogP contribution in [0.15, 0.2) is 0 Å². The van der Waals surface area contributed by atoms with Crippen molar-refractivity contribution in [2.45, 2.75) is 26.3 Å². The molecule has 0 aromatic rings. The molecule has 0 saturated heterocycles. The van der Waals surface area contributed by atoms with Crippen LogP contribution in [0, 0.1) is 20.2 Å². The molecule has 13 heavy (non-hydrogen) atoms. The largest absolute Gasteiger partial charge is 0.264 e. The summed E-state index contributed by atoms with van der Waals surface area (Å²) in [4.78, 5) is 20.4. The van der Waals surface area contributed by atoms with Gasteiger partial charge in [0.25, 0.3) is 13.3 Å². The molecule has 0 aliphatic carbocycles. The highest BCUT2D eigenvalue weighted by molar-refractivity contribution is 4.71. The molecule has 0 amide bonds. The zero-order chi connectivity index (χ0) is 10.6. The second kappa shape index (κ2) is 4.13.